The Morgan fingerprint density at radius 2 is 1.96 bits per heavy atom. The third kappa shape index (κ3) is 3.44. The number of fused-ring (bicyclic) bond motifs is 1. The van der Waals surface area contributed by atoms with E-state index >= 15 is 0 Å². The molecule has 6 nitrogen and oxygen atoms in total. The highest BCUT2D eigenvalue weighted by Crippen LogP contribution is 2.16. The van der Waals surface area contributed by atoms with Crippen LogP contribution < -0.4 is 11.0 Å². The molecule has 0 saturated carbocycles. The predicted octanol–water partition coefficient (Wildman–Crippen LogP) is 2.64. The Kier molecular flexibility index (Phi) is 4.63. The van der Waals surface area contributed by atoms with Crippen molar-refractivity contribution < 1.29 is 4.79 Å². The third-order valence-electron chi connectivity index (χ3n) is 4.20. The molecular formula is C18H19ClN4O2. The van der Waals surface area contributed by atoms with Crippen LogP contribution in [0.1, 0.15) is 29.8 Å². The molecule has 1 N–H and O–H groups in total. The summed E-state index contributed by atoms with van der Waals surface area (Å²) in [4.78, 5) is 24.9. The van der Waals surface area contributed by atoms with Gasteiger partial charge in [-0.3, -0.25) is 9.20 Å². The first-order valence-electron chi connectivity index (χ1n) is 7.96. The molecule has 0 spiro atoms. The van der Waals surface area contributed by atoms with Crippen LogP contribution in [0.15, 0.2) is 41.3 Å². The largest absolute Gasteiger partial charge is 0.349 e. The molecule has 0 saturated heterocycles. The van der Waals surface area contributed by atoms with E-state index in [0.717, 1.165) is 22.3 Å². The van der Waals surface area contributed by atoms with Crippen molar-refractivity contribution >= 4 is 23.0 Å². The van der Waals surface area contributed by atoms with E-state index in [2.05, 4.69) is 10.4 Å². The molecule has 2 aromatic heterocycles. The van der Waals surface area contributed by atoms with Crippen LogP contribution in [0, 0.1) is 13.8 Å². The Bertz CT molecular complexity index is 989. The minimum atomic E-state index is -0.322. The molecule has 7 heteroatoms. The number of hydrogen-bond acceptors (Lipinski definition) is 3. The van der Waals surface area contributed by atoms with Gasteiger partial charge in [-0.15, -0.1) is 0 Å². The SMILES string of the molecule is Cc1cc(C)n2c(=O)n(CC(=O)N[C@@H](C)c3ccc(Cl)cc3)ncc12. The van der Waals surface area contributed by atoms with E-state index in [1.54, 1.807) is 22.7 Å². The lowest BCUT2D eigenvalue weighted by atomic mass is 10.1. The normalized spacial score (nSPS) is 12.3. The highest BCUT2D eigenvalue weighted by molar-refractivity contribution is 6.30. The number of nitrogens with zero attached hydrogens (tertiary/aromatic N) is 3. The number of hydrogen-bond donors (Lipinski definition) is 1. The summed E-state index contributed by atoms with van der Waals surface area (Å²) < 4.78 is 2.74. The molecule has 0 aliphatic rings. The van der Waals surface area contributed by atoms with Gasteiger partial charge in [-0.2, -0.15) is 5.10 Å². The van der Waals surface area contributed by atoms with Crippen LogP contribution in [0.3, 0.4) is 0 Å². The zero-order valence-electron chi connectivity index (χ0n) is 14.3. The fraction of sp³-hybridized carbons (Fsp3) is 0.278. The van der Waals surface area contributed by atoms with Gasteiger partial charge in [0.25, 0.3) is 0 Å². The molecule has 0 fully saturated rings. The number of amides is 1. The fourth-order valence-electron chi connectivity index (χ4n) is 2.89. The van der Waals surface area contributed by atoms with Gasteiger partial charge < -0.3 is 5.32 Å². The Labute approximate surface area is 150 Å². The minimum absolute atomic E-state index is 0.136. The van der Waals surface area contributed by atoms with Crippen molar-refractivity contribution in [3.8, 4) is 0 Å². The van der Waals surface area contributed by atoms with Gasteiger partial charge >= 0.3 is 5.69 Å². The van der Waals surface area contributed by atoms with Crippen LogP contribution in [0.5, 0.6) is 0 Å². The lowest BCUT2D eigenvalue weighted by Crippen LogP contribution is -2.37. The maximum atomic E-state index is 12.6. The van der Waals surface area contributed by atoms with Crippen molar-refractivity contribution in [2.75, 3.05) is 0 Å². The van der Waals surface area contributed by atoms with Gasteiger partial charge in [0.15, 0.2) is 0 Å². The second kappa shape index (κ2) is 6.72. The minimum Gasteiger partial charge on any atom is -0.348 e. The van der Waals surface area contributed by atoms with Crippen LogP contribution in [-0.2, 0) is 11.3 Å². The number of aryl methyl sites for hydroxylation is 2. The summed E-state index contributed by atoms with van der Waals surface area (Å²) in [5, 5.41) is 7.63. The topological polar surface area (TPSA) is 68.4 Å². The number of carbonyl (C=O) groups is 1. The van der Waals surface area contributed by atoms with E-state index in [9.17, 15) is 9.59 Å². The summed E-state index contributed by atoms with van der Waals surface area (Å²) in [5.41, 5.74) is 3.18. The lowest BCUT2D eigenvalue weighted by Gasteiger charge is -2.15. The van der Waals surface area contributed by atoms with Crippen molar-refractivity contribution in [1.82, 2.24) is 19.5 Å². The quantitative estimate of drug-likeness (QED) is 0.779. The van der Waals surface area contributed by atoms with Gasteiger partial charge in [-0.25, -0.2) is 9.48 Å². The molecule has 0 aliphatic carbocycles. The maximum Gasteiger partial charge on any atom is 0.349 e. The molecule has 0 radical (unpaired) electrons. The molecule has 1 aromatic carbocycles. The van der Waals surface area contributed by atoms with Crippen LogP contribution in [0.4, 0.5) is 0 Å². The van der Waals surface area contributed by atoms with E-state index in [0.29, 0.717) is 5.02 Å². The molecule has 0 bridgehead atoms. The van der Waals surface area contributed by atoms with Gasteiger partial charge in [0, 0.05) is 10.7 Å². The van der Waals surface area contributed by atoms with E-state index in [1.165, 1.54) is 4.68 Å². The number of benzene rings is 1. The van der Waals surface area contributed by atoms with Gasteiger partial charge in [0.2, 0.25) is 5.91 Å². The summed E-state index contributed by atoms with van der Waals surface area (Å²) in [7, 11) is 0. The first-order chi connectivity index (χ1) is 11.9. The van der Waals surface area contributed by atoms with E-state index in [4.69, 9.17) is 11.6 Å². The Morgan fingerprint density at radius 3 is 2.64 bits per heavy atom. The summed E-state index contributed by atoms with van der Waals surface area (Å²) in [6, 6.07) is 8.99. The smallest absolute Gasteiger partial charge is 0.348 e. The van der Waals surface area contributed by atoms with Gasteiger partial charge in [-0.1, -0.05) is 23.7 Å². The van der Waals surface area contributed by atoms with Gasteiger partial charge in [0.05, 0.1) is 17.8 Å². The van der Waals surface area contributed by atoms with Crippen LogP contribution in [-0.4, -0.2) is 20.1 Å². The fourth-order valence-corrected chi connectivity index (χ4v) is 3.01. The van der Waals surface area contributed by atoms with E-state index < -0.39 is 0 Å². The monoisotopic (exact) mass is 358 g/mol. The van der Waals surface area contributed by atoms with Crippen molar-refractivity contribution in [2.24, 2.45) is 0 Å². The first-order valence-corrected chi connectivity index (χ1v) is 8.34. The highest BCUT2D eigenvalue weighted by Gasteiger charge is 2.14. The molecule has 0 aliphatic heterocycles. The predicted molar refractivity (Wildman–Crippen MR) is 96.9 cm³/mol. The Hall–Kier alpha value is -2.60. The molecule has 25 heavy (non-hydrogen) atoms. The van der Waals surface area contributed by atoms with E-state index in [1.807, 2.05) is 39.0 Å². The van der Waals surface area contributed by atoms with Gasteiger partial charge in [-0.05, 0) is 50.1 Å². The summed E-state index contributed by atoms with van der Waals surface area (Å²) in [6.45, 7) is 5.52. The average Bonchev–Trinajstić information content (AvgIpc) is 2.85. The van der Waals surface area contributed by atoms with Crippen molar-refractivity contribution in [1.29, 1.82) is 0 Å². The first kappa shape index (κ1) is 17.2. The molecule has 1 amide bonds. The zero-order chi connectivity index (χ0) is 18.1. The molecule has 3 aromatic rings. The second-order valence-corrected chi connectivity index (χ2v) is 6.55. The molecule has 2 heterocycles. The van der Waals surface area contributed by atoms with Crippen molar-refractivity contribution in [2.45, 2.75) is 33.4 Å². The third-order valence-corrected chi connectivity index (χ3v) is 4.45. The standard InChI is InChI=1S/C18H19ClN4O2/c1-11-8-12(2)23-16(11)9-20-22(18(23)25)10-17(24)21-13(3)14-4-6-15(19)7-5-14/h4-9,13H,10H2,1-3H3,(H,21,24)/t13-/m0/s1. The van der Waals surface area contributed by atoms with Crippen LogP contribution in [0.2, 0.25) is 5.02 Å². The Morgan fingerprint density at radius 1 is 1.28 bits per heavy atom. The number of rotatable bonds is 4. The zero-order valence-corrected chi connectivity index (χ0v) is 15.0. The average molecular weight is 359 g/mol. The van der Waals surface area contributed by atoms with Crippen LogP contribution in [0.25, 0.3) is 5.52 Å². The van der Waals surface area contributed by atoms with Crippen molar-refractivity contribution in [3.63, 3.8) is 0 Å². The van der Waals surface area contributed by atoms with Crippen LogP contribution >= 0.6 is 11.6 Å². The molecule has 1 atom stereocenters. The summed E-state index contributed by atoms with van der Waals surface area (Å²) in [6.07, 6.45) is 1.61. The van der Waals surface area contributed by atoms with Crippen molar-refractivity contribution in [3.05, 3.63) is 68.9 Å². The highest BCUT2D eigenvalue weighted by atomic mass is 35.5. The number of carbonyl (C=O) groups excluding carboxylic acids is 1. The van der Waals surface area contributed by atoms with E-state index in [-0.39, 0.29) is 24.2 Å². The van der Waals surface area contributed by atoms with Gasteiger partial charge in [0.1, 0.15) is 6.54 Å². The Balaban J connectivity index is 1.78. The lowest BCUT2D eigenvalue weighted by molar-refractivity contribution is -0.122. The maximum absolute atomic E-state index is 12.6. The number of nitrogens with one attached hydrogen (secondary N) is 1. The summed E-state index contributed by atoms with van der Waals surface area (Å²) >= 11 is 5.87. The molecule has 0 unspecified atom stereocenters. The second-order valence-electron chi connectivity index (χ2n) is 6.11. The molecule has 3 rings (SSSR count). The molecular weight excluding hydrogens is 340 g/mol. The number of aromatic nitrogens is 3. The molecule has 130 valence electrons. The summed E-state index contributed by atoms with van der Waals surface area (Å²) in [5.74, 6) is -0.280. The number of halogens is 1.